The highest BCUT2D eigenvalue weighted by Gasteiger charge is 2.44. The minimum absolute atomic E-state index is 0.0413. The third-order valence-electron chi connectivity index (χ3n) is 8.64. The van der Waals surface area contributed by atoms with E-state index in [0.717, 1.165) is 12.8 Å². The molecule has 0 unspecified atom stereocenters. The topological polar surface area (TPSA) is 141 Å². The molecule has 4 heterocycles. The summed E-state index contributed by atoms with van der Waals surface area (Å²) in [6.07, 6.45) is 9.62. The second-order valence-corrected chi connectivity index (χ2v) is 12.0. The lowest BCUT2D eigenvalue weighted by Crippen LogP contribution is -2.52. The van der Waals surface area contributed by atoms with Crippen molar-refractivity contribution in [3.8, 4) is 16.9 Å². The summed E-state index contributed by atoms with van der Waals surface area (Å²) in [4.78, 5) is 44.6. The molecule has 2 fully saturated rings. The van der Waals surface area contributed by atoms with Crippen molar-refractivity contribution >= 4 is 29.8 Å². The normalized spacial score (nSPS) is 18.8. The van der Waals surface area contributed by atoms with Gasteiger partial charge >= 0.3 is 5.97 Å². The molecule has 1 aromatic carbocycles. The van der Waals surface area contributed by atoms with Crippen LogP contribution in [0, 0.1) is 5.92 Å². The average Bonchev–Trinajstić information content (AvgIpc) is 3.77. The number of carbonyl (C=O) groups is 3. The molecular formula is C33H35N5O5. The van der Waals surface area contributed by atoms with Gasteiger partial charge in [-0.05, 0) is 62.4 Å². The Hall–Kier alpha value is -4.73. The number of carboxylic acid groups (broad SMARTS) is 1. The zero-order valence-corrected chi connectivity index (χ0v) is 24.4. The first kappa shape index (κ1) is 28.4. The van der Waals surface area contributed by atoms with Crippen LogP contribution in [0.25, 0.3) is 23.3 Å². The molecule has 43 heavy (non-hydrogen) atoms. The van der Waals surface area contributed by atoms with Gasteiger partial charge in [-0.25, -0.2) is 4.79 Å². The van der Waals surface area contributed by atoms with Crippen LogP contribution in [-0.2, 0) is 4.79 Å². The Balaban J connectivity index is 1.23. The molecule has 3 N–H and O–H groups in total. The van der Waals surface area contributed by atoms with Gasteiger partial charge in [0.1, 0.15) is 11.4 Å². The van der Waals surface area contributed by atoms with Crippen molar-refractivity contribution in [1.29, 1.82) is 0 Å². The lowest BCUT2D eigenvalue weighted by Gasteiger charge is -2.44. The van der Waals surface area contributed by atoms with Crippen LogP contribution in [0.2, 0.25) is 0 Å². The minimum Gasteiger partial charge on any atom is -0.486 e. The van der Waals surface area contributed by atoms with Crippen molar-refractivity contribution in [1.82, 2.24) is 19.7 Å². The lowest BCUT2D eigenvalue weighted by atomic mass is 9.82. The Bertz CT molecular complexity index is 1780. The van der Waals surface area contributed by atoms with Crippen LogP contribution in [0.3, 0.4) is 0 Å². The minimum atomic E-state index is -1.07. The number of nitrogens with two attached hydrogens (primary N) is 1. The monoisotopic (exact) mass is 581 g/mol. The second-order valence-electron chi connectivity index (χ2n) is 12.0. The van der Waals surface area contributed by atoms with Gasteiger partial charge in [0.25, 0.3) is 5.91 Å². The number of ether oxygens (including phenoxy) is 1. The van der Waals surface area contributed by atoms with Gasteiger partial charge in [0.05, 0.1) is 34.7 Å². The SMILES string of the molecule is C=c1/c(=C(\C=C(/N)C2CC2)C(=O)N2CCC3(CC2)CC(=O)c2cc(-c4cncc(C(=O)O)c4)ccc2O3)cnn1C(C)C. The van der Waals surface area contributed by atoms with E-state index in [1.165, 1.54) is 12.3 Å². The Morgan fingerprint density at radius 2 is 1.88 bits per heavy atom. The van der Waals surface area contributed by atoms with Crippen LogP contribution in [0.1, 0.15) is 72.7 Å². The summed E-state index contributed by atoms with van der Waals surface area (Å²) in [5, 5.41) is 15.1. The number of ketones is 1. The summed E-state index contributed by atoms with van der Waals surface area (Å²) < 4.78 is 8.28. The lowest BCUT2D eigenvalue weighted by molar-refractivity contribution is -0.128. The zero-order valence-electron chi connectivity index (χ0n) is 24.4. The number of carbonyl (C=O) groups excluding carboxylic acids is 2. The van der Waals surface area contributed by atoms with Crippen LogP contribution >= 0.6 is 0 Å². The van der Waals surface area contributed by atoms with Crippen LogP contribution in [0.4, 0.5) is 0 Å². The number of pyridine rings is 1. The summed E-state index contributed by atoms with van der Waals surface area (Å²) in [5.74, 6) is -0.433. The predicted octanol–water partition coefficient (Wildman–Crippen LogP) is 3.06. The van der Waals surface area contributed by atoms with Gasteiger partial charge in [-0.3, -0.25) is 19.3 Å². The van der Waals surface area contributed by atoms with Gasteiger partial charge in [0.2, 0.25) is 0 Å². The molecule has 10 nitrogen and oxygen atoms in total. The Labute approximate surface area is 249 Å². The highest BCUT2D eigenvalue weighted by atomic mass is 16.5. The molecule has 0 radical (unpaired) electrons. The number of amides is 1. The number of aromatic nitrogens is 3. The summed E-state index contributed by atoms with van der Waals surface area (Å²) in [6.45, 7) is 9.10. The highest BCUT2D eigenvalue weighted by molar-refractivity contribution is 6.17. The summed E-state index contributed by atoms with van der Waals surface area (Å²) in [6, 6.07) is 6.93. The van der Waals surface area contributed by atoms with Crippen molar-refractivity contribution in [2.45, 2.75) is 57.6 Å². The third-order valence-corrected chi connectivity index (χ3v) is 8.64. The van der Waals surface area contributed by atoms with Gasteiger partial charge in [-0.2, -0.15) is 5.10 Å². The second kappa shape index (κ2) is 10.8. The zero-order chi connectivity index (χ0) is 30.5. The van der Waals surface area contributed by atoms with E-state index >= 15 is 0 Å². The fraction of sp³-hybridized carbons (Fsp3) is 0.364. The molecular weight excluding hydrogens is 546 g/mol. The molecule has 3 aromatic rings. The molecule has 2 aromatic heterocycles. The Kier molecular flexibility index (Phi) is 7.15. The Morgan fingerprint density at radius 1 is 1.14 bits per heavy atom. The quantitative estimate of drug-likeness (QED) is 0.453. The number of hydrogen-bond donors (Lipinski definition) is 2. The van der Waals surface area contributed by atoms with E-state index in [4.69, 9.17) is 10.5 Å². The fourth-order valence-electron chi connectivity index (χ4n) is 5.97. The highest BCUT2D eigenvalue weighted by Crippen LogP contribution is 2.41. The molecule has 1 spiro atoms. The smallest absolute Gasteiger partial charge is 0.337 e. The van der Waals surface area contributed by atoms with E-state index in [0.29, 0.717) is 76.1 Å². The third kappa shape index (κ3) is 5.45. The van der Waals surface area contributed by atoms with E-state index in [1.807, 2.05) is 13.8 Å². The van der Waals surface area contributed by atoms with Crippen molar-refractivity contribution in [2.24, 2.45) is 11.7 Å². The van der Waals surface area contributed by atoms with Gasteiger partial charge in [-0.1, -0.05) is 12.6 Å². The van der Waals surface area contributed by atoms with Crippen LogP contribution in [-0.4, -0.2) is 61.1 Å². The number of carboxylic acids is 1. The van der Waals surface area contributed by atoms with Crippen molar-refractivity contribution < 1.29 is 24.2 Å². The standard InChI is InChI=1S/C33H35N5O5/c1-19(2)38-20(3)27(18-36-38)25(14-28(34)21-4-5-21)31(40)37-10-8-33(9-11-37)15-29(39)26-13-22(6-7-30(26)43-33)23-12-24(32(41)42)17-35-16-23/h6-7,12-14,16-19,21H,3-5,8-11,15,34H2,1-2H3,(H,41,42)/b27-25+,28-14-. The number of aromatic carboxylic acids is 1. The van der Waals surface area contributed by atoms with Crippen molar-refractivity contribution in [2.75, 3.05) is 13.1 Å². The molecule has 10 heteroatoms. The maximum atomic E-state index is 14.0. The summed E-state index contributed by atoms with van der Waals surface area (Å²) in [7, 11) is 0. The van der Waals surface area contributed by atoms with Gasteiger partial charge < -0.3 is 20.5 Å². The van der Waals surface area contributed by atoms with Gasteiger partial charge in [0, 0.05) is 60.8 Å². The largest absolute Gasteiger partial charge is 0.486 e. The van der Waals surface area contributed by atoms with E-state index < -0.39 is 11.6 Å². The number of hydrogen-bond acceptors (Lipinski definition) is 7. The number of fused-ring (bicyclic) bond motifs is 1. The first-order valence-electron chi connectivity index (χ1n) is 14.6. The van der Waals surface area contributed by atoms with Gasteiger partial charge in [-0.15, -0.1) is 0 Å². The Morgan fingerprint density at radius 3 is 2.53 bits per heavy atom. The predicted molar refractivity (Wildman–Crippen MR) is 161 cm³/mol. The maximum Gasteiger partial charge on any atom is 0.337 e. The number of benzene rings is 1. The average molecular weight is 582 g/mol. The first-order chi connectivity index (χ1) is 20.5. The number of Topliss-reactive ketones (excluding diaryl/α,β-unsaturated/α-hetero) is 1. The van der Waals surface area contributed by atoms with Gasteiger partial charge in [0.15, 0.2) is 5.78 Å². The number of nitrogens with zero attached hydrogens (tertiary/aromatic N) is 4. The van der Waals surface area contributed by atoms with E-state index in [9.17, 15) is 19.5 Å². The summed E-state index contributed by atoms with van der Waals surface area (Å²) >= 11 is 0. The van der Waals surface area contributed by atoms with Crippen molar-refractivity contribution in [3.63, 3.8) is 0 Å². The number of rotatable bonds is 6. The van der Waals surface area contributed by atoms with E-state index in [2.05, 4.69) is 16.7 Å². The maximum absolute atomic E-state index is 14.0. The molecule has 1 amide bonds. The molecule has 3 aliphatic rings. The molecule has 0 atom stereocenters. The molecule has 2 aliphatic heterocycles. The molecule has 1 saturated carbocycles. The number of piperidine rings is 1. The molecule has 1 saturated heterocycles. The van der Waals surface area contributed by atoms with Crippen LogP contribution in [0.5, 0.6) is 5.75 Å². The summed E-state index contributed by atoms with van der Waals surface area (Å²) in [5.41, 5.74) is 8.71. The number of allylic oxidation sites excluding steroid dienone is 1. The molecule has 0 bridgehead atoms. The van der Waals surface area contributed by atoms with Crippen LogP contribution < -0.4 is 21.0 Å². The molecule has 6 rings (SSSR count). The molecule has 1 aliphatic carbocycles. The van der Waals surface area contributed by atoms with E-state index in [1.54, 1.807) is 46.3 Å². The first-order valence-corrected chi connectivity index (χ1v) is 14.6. The molecule has 222 valence electrons. The van der Waals surface area contributed by atoms with Crippen molar-refractivity contribution in [3.05, 3.63) is 76.3 Å². The van der Waals surface area contributed by atoms with Crippen LogP contribution in [0.15, 0.2) is 54.6 Å². The number of likely N-dealkylation sites (tertiary alicyclic amines) is 1. The fourth-order valence-corrected chi connectivity index (χ4v) is 5.97. The van der Waals surface area contributed by atoms with E-state index in [-0.39, 0.29) is 29.7 Å².